The number of likely N-dealkylation sites (tertiary alicyclic amines) is 1. The van der Waals surface area contributed by atoms with Crippen LogP contribution in [-0.4, -0.2) is 39.8 Å². The number of ether oxygens (including phenoxy) is 1. The fourth-order valence-corrected chi connectivity index (χ4v) is 2.88. The van der Waals surface area contributed by atoms with Crippen LogP contribution in [0.15, 0.2) is 49.3 Å². The van der Waals surface area contributed by atoms with Gasteiger partial charge >= 0.3 is 0 Å². The molecule has 2 amide bonds. The number of nitrogens with one attached hydrogen (secondary N) is 1. The van der Waals surface area contributed by atoms with Gasteiger partial charge in [0.2, 0.25) is 17.7 Å². The Balaban J connectivity index is 1.61. The summed E-state index contributed by atoms with van der Waals surface area (Å²) in [5.74, 6) is 0.474. The van der Waals surface area contributed by atoms with Crippen molar-refractivity contribution < 1.29 is 14.3 Å². The summed E-state index contributed by atoms with van der Waals surface area (Å²) in [6.45, 7) is 6.69. The van der Waals surface area contributed by atoms with Crippen molar-refractivity contribution in [3.05, 3.63) is 60.6 Å². The molecule has 7 heteroatoms. The average molecular weight is 366 g/mol. The van der Waals surface area contributed by atoms with E-state index in [-0.39, 0.29) is 30.7 Å². The first-order valence-electron chi connectivity index (χ1n) is 8.77. The van der Waals surface area contributed by atoms with Gasteiger partial charge < -0.3 is 15.0 Å². The fourth-order valence-electron chi connectivity index (χ4n) is 2.88. The van der Waals surface area contributed by atoms with Gasteiger partial charge in [-0.15, -0.1) is 6.58 Å². The molecule has 140 valence electrons. The Labute approximate surface area is 158 Å². The third-order valence-corrected chi connectivity index (χ3v) is 4.34. The summed E-state index contributed by atoms with van der Waals surface area (Å²) in [6.07, 6.45) is 5.15. The minimum absolute atomic E-state index is 0.0210. The van der Waals surface area contributed by atoms with Gasteiger partial charge in [0.05, 0.1) is 12.1 Å². The van der Waals surface area contributed by atoms with E-state index in [1.807, 2.05) is 25.1 Å². The third-order valence-electron chi connectivity index (χ3n) is 4.34. The zero-order valence-corrected chi connectivity index (χ0v) is 15.2. The summed E-state index contributed by atoms with van der Waals surface area (Å²) in [5, 5.41) is 2.88. The lowest BCUT2D eigenvalue weighted by Crippen LogP contribution is -2.32. The highest BCUT2D eigenvalue weighted by molar-refractivity contribution is 5.89. The van der Waals surface area contributed by atoms with Gasteiger partial charge in [0.15, 0.2) is 0 Å². The zero-order chi connectivity index (χ0) is 19.2. The molecule has 1 aliphatic rings. The predicted octanol–water partition coefficient (Wildman–Crippen LogP) is 2.23. The van der Waals surface area contributed by atoms with Crippen LogP contribution in [-0.2, 0) is 16.1 Å². The number of rotatable bonds is 7. The summed E-state index contributed by atoms with van der Waals surface area (Å²) in [5.41, 5.74) is 1.64. The molecule has 2 aromatic rings. The van der Waals surface area contributed by atoms with E-state index >= 15 is 0 Å². The first-order valence-corrected chi connectivity index (χ1v) is 8.77. The van der Waals surface area contributed by atoms with E-state index in [2.05, 4.69) is 21.9 Å². The van der Waals surface area contributed by atoms with Crippen molar-refractivity contribution in [2.75, 3.05) is 13.1 Å². The van der Waals surface area contributed by atoms with Crippen molar-refractivity contribution in [1.29, 1.82) is 0 Å². The van der Waals surface area contributed by atoms with Crippen LogP contribution in [0, 0.1) is 12.8 Å². The number of carbonyl (C=O) groups excluding carboxylic acids is 2. The van der Waals surface area contributed by atoms with Crippen molar-refractivity contribution in [3.63, 3.8) is 0 Å². The molecule has 0 aliphatic carbocycles. The molecule has 3 heterocycles. The number of aryl methyl sites for hydroxylation is 1. The van der Waals surface area contributed by atoms with Crippen LogP contribution in [0.25, 0.3) is 0 Å². The van der Waals surface area contributed by atoms with Crippen molar-refractivity contribution in [2.24, 2.45) is 5.92 Å². The maximum absolute atomic E-state index is 12.4. The molecule has 0 saturated carbocycles. The number of pyridine rings is 2. The first-order chi connectivity index (χ1) is 13.1. The van der Waals surface area contributed by atoms with E-state index in [1.165, 1.54) is 0 Å². The molecular weight excluding hydrogens is 344 g/mol. The highest BCUT2D eigenvalue weighted by Crippen LogP contribution is 2.23. The van der Waals surface area contributed by atoms with Gasteiger partial charge in [-0.05, 0) is 25.1 Å². The number of aromatic nitrogens is 2. The van der Waals surface area contributed by atoms with Crippen molar-refractivity contribution >= 4 is 11.8 Å². The maximum Gasteiger partial charge on any atom is 0.225 e. The van der Waals surface area contributed by atoms with Crippen LogP contribution in [0.1, 0.15) is 17.7 Å². The number of hydrogen-bond acceptors (Lipinski definition) is 5. The lowest BCUT2D eigenvalue weighted by molar-refractivity contribution is -0.128. The van der Waals surface area contributed by atoms with E-state index in [9.17, 15) is 9.59 Å². The molecule has 27 heavy (non-hydrogen) atoms. The first kappa shape index (κ1) is 18.6. The van der Waals surface area contributed by atoms with Gasteiger partial charge in [-0.2, -0.15) is 0 Å². The Morgan fingerprint density at radius 1 is 1.41 bits per heavy atom. The van der Waals surface area contributed by atoms with Crippen LogP contribution < -0.4 is 10.1 Å². The third kappa shape index (κ3) is 4.69. The Morgan fingerprint density at radius 2 is 2.26 bits per heavy atom. The van der Waals surface area contributed by atoms with E-state index in [4.69, 9.17) is 4.74 Å². The van der Waals surface area contributed by atoms with E-state index in [0.29, 0.717) is 24.7 Å². The van der Waals surface area contributed by atoms with Gasteiger partial charge in [0.1, 0.15) is 5.75 Å². The molecule has 1 N–H and O–H groups in total. The molecule has 1 atom stereocenters. The highest BCUT2D eigenvalue weighted by atomic mass is 16.5. The Morgan fingerprint density at radius 3 is 3.00 bits per heavy atom. The second kappa shape index (κ2) is 8.44. The Kier molecular flexibility index (Phi) is 5.80. The molecule has 1 aliphatic heterocycles. The van der Waals surface area contributed by atoms with Gasteiger partial charge in [0, 0.05) is 43.5 Å². The van der Waals surface area contributed by atoms with Crippen LogP contribution in [0.2, 0.25) is 0 Å². The van der Waals surface area contributed by atoms with Gasteiger partial charge in [0.25, 0.3) is 0 Å². The topological polar surface area (TPSA) is 84.4 Å². The van der Waals surface area contributed by atoms with Crippen LogP contribution >= 0.6 is 0 Å². The fraction of sp³-hybridized carbons (Fsp3) is 0.300. The SMILES string of the molecule is C=CCN1C[C@H](C(=O)NCc2cccnc2Oc2ccc(C)nc2)CC1=O. The molecule has 0 radical (unpaired) electrons. The molecule has 3 rings (SSSR count). The van der Waals surface area contributed by atoms with Gasteiger partial charge in [-0.3, -0.25) is 14.6 Å². The molecule has 1 fully saturated rings. The summed E-state index contributed by atoms with van der Waals surface area (Å²) >= 11 is 0. The zero-order valence-electron chi connectivity index (χ0n) is 15.2. The molecule has 1 saturated heterocycles. The molecule has 0 bridgehead atoms. The Bertz CT molecular complexity index is 835. The van der Waals surface area contributed by atoms with E-state index < -0.39 is 0 Å². The van der Waals surface area contributed by atoms with Crippen molar-refractivity contribution in [3.8, 4) is 11.6 Å². The van der Waals surface area contributed by atoms with Gasteiger partial charge in [-0.25, -0.2) is 4.98 Å². The van der Waals surface area contributed by atoms with Crippen LogP contribution in [0.5, 0.6) is 11.6 Å². The minimum Gasteiger partial charge on any atom is -0.437 e. The maximum atomic E-state index is 12.4. The standard InChI is InChI=1S/C20H22N4O3/c1-3-9-24-13-16(10-18(24)25)19(26)23-11-15-5-4-8-21-20(15)27-17-7-6-14(2)22-12-17/h3-8,12,16H,1,9-11,13H2,2H3,(H,23,26)/t16-/m1/s1. The second-order valence-corrected chi connectivity index (χ2v) is 6.41. The average Bonchev–Trinajstić information content (AvgIpc) is 3.04. The number of nitrogens with zero attached hydrogens (tertiary/aromatic N) is 3. The number of carbonyl (C=O) groups is 2. The monoisotopic (exact) mass is 366 g/mol. The number of hydrogen-bond donors (Lipinski definition) is 1. The quantitative estimate of drug-likeness (QED) is 0.760. The van der Waals surface area contributed by atoms with Gasteiger partial charge in [-0.1, -0.05) is 12.1 Å². The minimum atomic E-state index is -0.347. The van der Waals surface area contributed by atoms with Crippen molar-refractivity contribution in [1.82, 2.24) is 20.2 Å². The smallest absolute Gasteiger partial charge is 0.225 e. The van der Waals surface area contributed by atoms with Crippen LogP contribution in [0.3, 0.4) is 0 Å². The number of amides is 2. The van der Waals surface area contributed by atoms with E-state index in [0.717, 1.165) is 11.3 Å². The summed E-state index contributed by atoms with van der Waals surface area (Å²) in [4.78, 5) is 34.4. The molecule has 2 aromatic heterocycles. The summed E-state index contributed by atoms with van der Waals surface area (Å²) in [7, 11) is 0. The summed E-state index contributed by atoms with van der Waals surface area (Å²) < 4.78 is 5.79. The molecular formula is C20H22N4O3. The molecule has 0 aromatic carbocycles. The predicted molar refractivity (Wildman–Crippen MR) is 100 cm³/mol. The largest absolute Gasteiger partial charge is 0.437 e. The van der Waals surface area contributed by atoms with Crippen LogP contribution in [0.4, 0.5) is 0 Å². The lowest BCUT2D eigenvalue weighted by Gasteiger charge is -2.15. The highest BCUT2D eigenvalue weighted by Gasteiger charge is 2.33. The molecule has 7 nitrogen and oxygen atoms in total. The van der Waals surface area contributed by atoms with Crippen molar-refractivity contribution in [2.45, 2.75) is 19.9 Å². The Hall–Kier alpha value is -3.22. The summed E-state index contributed by atoms with van der Waals surface area (Å²) in [6, 6.07) is 7.30. The molecule has 0 unspecified atom stereocenters. The normalized spacial score (nSPS) is 16.3. The van der Waals surface area contributed by atoms with E-state index in [1.54, 1.807) is 29.4 Å². The molecule has 0 spiro atoms. The second-order valence-electron chi connectivity index (χ2n) is 6.41. The lowest BCUT2D eigenvalue weighted by atomic mass is 10.1.